The van der Waals surface area contributed by atoms with Crippen LogP contribution in [0.25, 0.3) is 0 Å². The molecular formula is C18H19N5O3S. The second-order valence-electron chi connectivity index (χ2n) is 6.50. The van der Waals surface area contributed by atoms with E-state index in [4.69, 9.17) is 10.5 Å². The number of hydrogen-bond donors (Lipinski definition) is 2. The molecule has 2 aromatic rings. The van der Waals surface area contributed by atoms with Crippen molar-refractivity contribution in [2.45, 2.75) is 26.1 Å². The Kier molecular flexibility index (Phi) is 5.06. The van der Waals surface area contributed by atoms with Gasteiger partial charge in [-0.3, -0.25) is 5.43 Å². The van der Waals surface area contributed by atoms with Crippen LogP contribution in [-0.2, 0) is 6.61 Å². The first-order valence-electron chi connectivity index (χ1n) is 8.18. The highest BCUT2D eigenvalue weighted by Crippen LogP contribution is 2.43. The molecule has 1 heterocycles. The lowest BCUT2D eigenvalue weighted by Gasteiger charge is -2.30. The standard InChI is InChI=1S/C18H19N5O3S/c1-18(2)22(24)15-7-6-13(9-16(15)23(18)25)11-26-14-5-3-4-12(8-14)10-20-21-17(19)27/h3-10H,11H2,1-2H3,(H3,19,21,27)/b20-10+. The van der Waals surface area contributed by atoms with Crippen LogP contribution in [0.1, 0.15) is 25.0 Å². The molecule has 0 fully saturated rings. The molecule has 1 aliphatic rings. The maximum Gasteiger partial charge on any atom is 0.281 e. The first-order chi connectivity index (χ1) is 12.8. The minimum absolute atomic E-state index is 0.0857. The number of nitrogens with zero attached hydrogens (tertiary/aromatic N) is 3. The molecule has 0 saturated heterocycles. The van der Waals surface area contributed by atoms with Crippen molar-refractivity contribution in [1.29, 1.82) is 0 Å². The largest absolute Gasteiger partial charge is 0.753 e. The smallest absolute Gasteiger partial charge is 0.281 e. The Balaban J connectivity index is 1.70. The summed E-state index contributed by atoms with van der Waals surface area (Å²) in [6, 6.07) is 12.4. The Morgan fingerprint density at radius 3 is 2.93 bits per heavy atom. The van der Waals surface area contributed by atoms with Gasteiger partial charge in [-0.15, -0.1) is 0 Å². The first-order valence-corrected chi connectivity index (χ1v) is 8.59. The van der Waals surface area contributed by atoms with E-state index in [0.717, 1.165) is 21.0 Å². The number of hydrogen-bond acceptors (Lipinski definition) is 6. The van der Waals surface area contributed by atoms with Gasteiger partial charge in [-0.1, -0.05) is 12.1 Å². The second kappa shape index (κ2) is 7.29. The number of ether oxygens (including phenoxy) is 1. The van der Waals surface area contributed by atoms with Crippen molar-refractivity contribution in [2.75, 3.05) is 5.06 Å². The van der Waals surface area contributed by atoms with E-state index in [1.165, 1.54) is 0 Å². The van der Waals surface area contributed by atoms with Gasteiger partial charge < -0.3 is 20.7 Å². The number of fused-ring (bicyclic) bond motifs is 1. The maximum atomic E-state index is 12.3. The molecule has 2 aromatic carbocycles. The van der Waals surface area contributed by atoms with Gasteiger partial charge in [0.15, 0.2) is 5.11 Å². The Bertz CT molecular complexity index is 929. The summed E-state index contributed by atoms with van der Waals surface area (Å²) in [7, 11) is 0. The van der Waals surface area contributed by atoms with E-state index >= 15 is 0 Å². The molecule has 0 aliphatic carbocycles. The molecule has 0 aromatic heterocycles. The van der Waals surface area contributed by atoms with Gasteiger partial charge in [0.05, 0.1) is 11.0 Å². The zero-order valence-electron chi connectivity index (χ0n) is 14.9. The van der Waals surface area contributed by atoms with Crippen molar-refractivity contribution in [3.8, 4) is 5.75 Å². The lowest BCUT2D eigenvalue weighted by molar-refractivity contribution is -0.532. The van der Waals surface area contributed by atoms with Crippen LogP contribution in [-0.4, -0.2) is 21.7 Å². The number of nitrogens with two attached hydrogens (primary N) is 1. The Hall–Kier alpha value is -3.04. The summed E-state index contributed by atoms with van der Waals surface area (Å²) in [5, 5.41) is 17.1. The van der Waals surface area contributed by atoms with Crippen LogP contribution in [0.5, 0.6) is 5.75 Å². The van der Waals surface area contributed by atoms with E-state index in [0.29, 0.717) is 17.1 Å². The molecule has 0 amide bonds. The quantitative estimate of drug-likeness (QED) is 0.353. The van der Waals surface area contributed by atoms with Crippen LogP contribution in [0.2, 0.25) is 0 Å². The summed E-state index contributed by atoms with van der Waals surface area (Å²) in [6.07, 6.45) is 1.57. The fraction of sp³-hybridized carbons (Fsp3) is 0.222. The monoisotopic (exact) mass is 385 g/mol. The zero-order valence-corrected chi connectivity index (χ0v) is 15.7. The average molecular weight is 385 g/mol. The van der Waals surface area contributed by atoms with Gasteiger partial charge >= 0.3 is 0 Å². The molecule has 0 saturated carbocycles. The molecule has 3 rings (SSSR count). The third-order valence-electron chi connectivity index (χ3n) is 4.12. The lowest BCUT2D eigenvalue weighted by Crippen LogP contribution is -2.41. The predicted octanol–water partition coefficient (Wildman–Crippen LogP) is 2.90. The second-order valence-corrected chi connectivity index (χ2v) is 6.94. The molecule has 8 nitrogen and oxygen atoms in total. The van der Waals surface area contributed by atoms with Gasteiger partial charge in [0.25, 0.3) is 11.4 Å². The van der Waals surface area contributed by atoms with E-state index in [1.807, 2.05) is 18.2 Å². The highest BCUT2D eigenvalue weighted by molar-refractivity contribution is 7.80. The Labute approximate surface area is 161 Å². The number of nitroso groups, excluding NO2 is 1. The van der Waals surface area contributed by atoms with Crippen molar-refractivity contribution in [2.24, 2.45) is 10.8 Å². The summed E-state index contributed by atoms with van der Waals surface area (Å²) in [4.78, 5) is 12.2. The first kappa shape index (κ1) is 18.7. The lowest BCUT2D eigenvalue weighted by atomic mass is 10.2. The molecule has 140 valence electrons. The summed E-state index contributed by atoms with van der Waals surface area (Å²) >= 11 is 4.68. The number of benzene rings is 2. The van der Waals surface area contributed by atoms with Crippen molar-refractivity contribution < 1.29 is 9.50 Å². The summed E-state index contributed by atoms with van der Waals surface area (Å²) in [6.45, 7) is 3.43. The van der Waals surface area contributed by atoms with Crippen LogP contribution < -0.4 is 21.0 Å². The zero-order chi connectivity index (χ0) is 19.6. The van der Waals surface area contributed by atoms with Crippen molar-refractivity contribution in [3.05, 3.63) is 63.7 Å². The normalized spacial score (nSPS) is 15.1. The van der Waals surface area contributed by atoms with Crippen molar-refractivity contribution in [1.82, 2.24) is 5.43 Å². The number of hydroxylamine groups is 1. The fourth-order valence-electron chi connectivity index (χ4n) is 2.69. The van der Waals surface area contributed by atoms with Gasteiger partial charge in [0.2, 0.25) is 0 Å². The van der Waals surface area contributed by atoms with Crippen LogP contribution in [0.3, 0.4) is 0 Å². The number of thiocarbonyl (C=S) groups is 1. The third kappa shape index (κ3) is 3.88. The molecular weight excluding hydrogens is 366 g/mol. The molecule has 1 aliphatic heterocycles. The van der Waals surface area contributed by atoms with E-state index in [2.05, 4.69) is 22.7 Å². The van der Waals surface area contributed by atoms with Gasteiger partial charge in [-0.05, 0) is 47.6 Å². The SMILES string of the molecule is CC1(C)N([O-])c2cc(COc3cccc(/C=N/NC(N)=S)c3)ccc2[N+]1=O. The molecule has 9 heteroatoms. The Morgan fingerprint density at radius 2 is 2.19 bits per heavy atom. The number of rotatable bonds is 5. The van der Waals surface area contributed by atoms with Crippen molar-refractivity contribution in [3.63, 3.8) is 0 Å². The Morgan fingerprint density at radius 1 is 1.41 bits per heavy atom. The molecule has 0 spiro atoms. The van der Waals surface area contributed by atoms with E-state index < -0.39 is 5.66 Å². The van der Waals surface area contributed by atoms with E-state index in [9.17, 15) is 10.1 Å². The summed E-state index contributed by atoms with van der Waals surface area (Å²) in [5.41, 5.74) is 8.94. The molecule has 27 heavy (non-hydrogen) atoms. The average Bonchev–Trinajstić information content (AvgIpc) is 2.80. The summed E-state index contributed by atoms with van der Waals surface area (Å²) in [5.74, 6) is 0.638. The number of anilines is 1. The molecule has 0 atom stereocenters. The maximum absolute atomic E-state index is 12.3. The molecule has 0 radical (unpaired) electrons. The van der Waals surface area contributed by atoms with Crippen LogP contribution in [0, 0.1) is 10.1 Å². The topological polar surface area (TPSA) is 106 Å². The minimum Gasteiger partial charge on any atom is -0.753 e. The van der Waals surface area contributed by atoms with Crippen LogP contribution >= 0.6 is 12.2 Å². The highest BCUT2D eigenvalue weighted by atomic mass is 32.1. The summed E-state index contributed by atoms with van der Waals surface area (Å²) < 4.78 is 6.52. The van der Waals surface area contributed by atoms with E-state index in [-0.39, 0.29) is 11.7 Å². The van der Waals surface area contributed by atoms with E-state index in [1.54, 1.807) is 44.3 Å². The molecule has 0 unspecified atom stereocenters. The highest BCUT2D eigenvalue weighted by Gasteiger charge is 2.48. The van der Waals surface area contributed by atoms with Gasteiger partial charge in [-0.2, -0.15) is 5.10 Å². The van der Waals surface area contributed by atoms with Gasteiger partial charge in [0.1, 0.15) is 18.0 Å². The van der Waals surface area contributed by atoms with Gasteiger partial charge in [-0.25, -0.2) is 0 Å². The number of hydrazone groups is 1. The molecule has 3 N–H and O–H groups in total. The van der Waals surface area contributed by atoms with Crippen LogP contribution in [0.4, 0.5) is 11.4 Å². The predicted molar refractivity (Wildman–Crippen MR) is 108 cm³/mol. The fourth-order valence-corrected chi connectivity index (χ4v) is 2.74. The molecule has 0 bridgehead atoms. The third-order valence-corrected chi connectivity index (χ3v) is 4.21. The van der Waals surface area contributed by atoms with Crippen molar-refractivity contribution >= 4 is 34.9 Å². The van der Waals surface area contributed by atoms with Gasteiger partial charge in [0, 0.05) is 24.8 Å². The number of nitrogens with one attached hydrogen (secondary N) is 1. The minimum atomic E-state index is -1.16. The van der Waals surface area contributed by atoms with Crippen LogP contribution in [0.15, 0.2) is 47.6 Å².